The first-order valence-electron chi connectivity index (χ1n) is 9.62. The zero-order valence-corrected chi connectivity index (χ0v) is 17.1. The van der Waals surface area contributed by atoms with Gasteiger partial charge in [-0.05, 0) is 31.2 Å². The van der Waals surface area contributed by atoms with E-state index in [1.165, 1.54) is 25.1 Å². The van der Waals surface area contributed by atoms with Crippen molar-refractivity contribution in [2.75, 3.05) is 5.32 Å². The van der Waals surface area contributed by atoms with Gasteiger partial charge in [0.15, 0.2) is 17.8 Å². The lowest BCUT2D eigenvalue weighted by molar-refractivity contribution is -0.153. The minimum Gasteiger partial charge on any atom is -0.453 e. The Labute approximate surface area is 184 Å². The minimum atomic E-state index is -4.68. The summed E-state index contributed by atoms with van der Waals surface area (Å²) in [5.41, 5.74) is -1.91. The number of rotatable bonds is 7. The molecule has 1 heterocycles. The summed E-state index contributed by atoms with van der Waals surface area (Å²) in [6.07, 6.45) is -5.34. The van der Waals surface area contributed by atoms with Gasteiger partial charge in [-0.2, -0.15) is 13.2 Å². The van der Waals surface area contributed by atoms with Gasteiger partial charge in [-0.3, -0.25) is 9.59 Å². The van der Waals surface area contributed by atoms with E-state index in [2.05, 4.69) is 10.3 Å². The molecule has 0 spiro atoms. The molecular formula is C22H17F5N2O4. The maximum atomic E-state index is 13.8. The van der Waals surface area contributed by atoms with E-state index in [-0.39, 0.29) is 24.5 Å². The number of benzene rings is 2. The van der Waals surface area contributed by atoms with Gasteiger partial charge in [-0.1, -0.05) is 18.2 Å². The number of halogens is 5. The van der Waals surface area contributed by atoms with Gasteiger partial charge in [0.1, 0.15) is 11.6 Å². The summed E-state index contributed by atoms with van der Waals surface area (Å²) in [5, 5.41) is 2.09. The molecule has 6 nitrogen and oxygen atoms in total. The molecule has 1 atom stereocenters. The Balaban J connectivity index is 1.55. The van der Waals surface area contributed by atoms with E-state index < -0.39 is 52.6 Å². The zero-order valence-electron chi connectivity index (χ0n) is 17.1. The average Bonchev–Trinajstić information content (AvgIpc) is 3.20. The van der Waals surface area contributed by atoms with Crippen LogP contribution in [0.5, 0.6) is 0 Å². The van der Waals surface area contributed by atoms with Crippen molar-refractivity contribution >= 4 is 17.6 Å². The second-order valence-corrected chi connectivity index (χ2v) is 6.88. The quantitative estimate of drug-likeness (QED) is 0.384. The molecule has 0 radical (unpaired) electrons. The molecular weight excluding hydrogens is 451 g/mol. The molecule has 1 aromatic heterocycles. The lowest BCUT2D eigenvalue weighted by Gasteiger charge is -2.16. The van der Waals surface area contributed by atoms with E-state index in [9.17, 15) is 31.5 Å². The molecule has 1 amide bonds. The molecule has 0 bridgehead atoms. The number of anilines is 1. The SMILES string of the molecule is CC(OC(=O)CCc1ncc(-c2c(F)cccc2F)o1)C(=O)Nc1ccccc1C(F)(F)F. The van der Waals surface area contributed by atoms with Crippen LogP contribution in [-0.4, -0.2) is 23.0 Å². The molecule has 3 aromatic rings. The number of oxazole rings is 1. The number of hydrogen-bond acceptors (Lipinski definition) is 5. The summed E-state index contributed by atoms with van der Waals surface area (Å²) in [4.78, 5) is 28.0. The van der Waals surface area contributed by atoms with Gasteiger partial charge in [0.25, 0.3) is 5.91 Å². The maximum Gasteiger partial charge on any atom is 0.418 e. The highest BCUT2D eigenvalue weighted by atomic mass is 19.4. The predicted molar refractivity (Wildman–Crippen MR) is 106 cm³/mol. The lowest BCUT2D eigenvalue weighted by atomic mass is 10.1. The monoisotopic (exact) mass is 468 g/mol. The van der Waals surface area contributed by atoms with Gasteiger partial charge in [0, 0.05) is 6.42 Å². The first-order chi connectivity index (χ1) is 15.6. The second-order valence-electron chi connectivity index (χ2n) is 6.88. The van der Waals surface area contributed by atoms with Crippen LogP contribution < -0.4 is 5.32 Å². The number of hydrogen-bond donors (Lipinski definition) is 1. The average molecular weight is 468 g/mol. The predicted octanol–water partition coefficient (Wildman–Crippen LogP) is 5.14. The van der Waals surface area contributed by atoms with E-state index in [0.29, 0.717) is 0 Å². The molecule has 11 heteroatoms. The number of para-hydroxylation sites is 1. The van der Waals surface area contributed by atoms with Crippen LogP contribution in [0.1, 0.15) is 24.8 Å². The van der Waals surface area contributed by atoms with Crippen LogP contribution >= 0.6 is 0 Å². The van der Waals surface area contributed by atoms with Crippen LogP contribution in [0.15, 0.2) is 53.1 Å². The molecule has 0 saturated heterocycles. The number of nitrogens with one attached hydrogen (secondary N) is 1. The number of aromatic nitrogens is 1. The van der Waals surface area contributed by atoms with Crippen molar-refractivity contribution < 1.29 is 40.7 Å². The first kappa shape index (κ1) is 23.9. The van der Waals surface area contributed by atoms with Gasteiger partial charge in [-0.25, -0.2) is 13.8 Å². The Morgan fingerprint density at radius 3 is 2.42 bits per heavy atom. The van der Waals surface area contributed by atoms with Gasteiger partial charge >= 0.3 is 12.1 Å². The summed E-state index contributed by atoms with van der Waals surface area (Å²) in [6, 6.07) is 7.68. The third-order valence-electron chi connectivity index (χ3n) is 4.47. The highest BCUT2D eigenvalue weighted by molar-refractivity contribution is 5.95. The molecule has 0 aliphatic carbocycles. The van der Waals surface area contributed by atoms with Crippen LogP contribution in [0.2, 0.25) is 0 Å². The number of ether oxygens (including phenoxy) is 1. The van der Waals surface area contributed by atoms with Crippen molar-refractivity contribution in [3.63, 3.8) is 0 Å². The largest absolute Gasteiger partial charge is 0.453 e. The molecule has 1 unspecified atom stereocenters. The standard InChI is InChI=1S/C22H17F5N2O4/c1-12(21(31)29-16-8-3-2-5-13(16)22(25,26)27)32-19(30)10-9-18-28-11-17(33-18)20-14(23)6-4-7-15(20)24/h2-8,11-12H,9-10H2,1H3,(H,29,31). The van der Waals surface area contributed by atoms with Gasteiger partial charge in [0.05, 0.1) is 29.4 Å². The molecule has 0 aliphatic heterocycles. The Morgan fingerprint density at radius 2 is 1.76 bits per heavy atom. The van der Waals surface area contributed by atoms with Crippen molar-refractivity contribution in [1.29, 1.82) is 0 Å². The Hall–Kier alpha value is -3.76. The summed E-state index contributed by atoms with van der Waals surface area (Å²) in [7, 11) is 0. The normalized spacial score (nSPS) is 12.3. The number of aryl methyl sites for hydroxylation is 1. The number of carbonyl (C=O) groups excluding carboxylic acids is 2. The Bertz CT molecular complexity index is 1140. The van der Waals surface area contributed by atoms with Crippen LogP contribution in [0.4, 0.5) is 27.6 Å². The molecule has 2 aromatic carbocycles. The fourth-order valence-electron chi connectivity index (χ4n) is 2.87. The third-order valence-corrected chi connectivity index (χ3v) is 4.47. The van der Waals surface area contributed by atoms with Gasteiger partial charge in [0.2, 0.25) is 0 Å². The Kier molecular flexibility index (Phi) is 7.10. The number of alkyl halides is 3. The fourth-order valence-corrected chi connectivity index (χ4v) is 2.87. The molecule has 3 rings (SSSR count). The minimum absolute atomic E-state index is 0.000752. The van der Waals surface area contributed by atoms with Crippen molar-refractivity contribution in [2.45, 2.75) is 32.0 Å². The first-order valence-corrected chi connectivity index (χ1v) is 9.62. The molecule has 0 fully saturated rings. The Morgan fingerprint density at radius 1 is 1.09 bits per heavy atom. The number of esters is 1. The number of carbonyl (C=O) groups is 2. The second kappa shape index (κ2) is 9.80. The molecule has 0 aliphatic rings. The maximum absolute atomic E-state index is 13.8. The molecule has 1 N–H and O–H groups in total. The smallest absolute Gasteiger partial charge is 0.418 e. The lowest BCUT2D eigenvalue weighted by Crippen LogP contribution is -2.30. The van der Waals surface area contributed by atoms with Gasteiger partial charge < -0.3 is 14.5 Å². The summed E-state index contributed by atoms with van der Waals surface area (Å²) < 4.78 is 77.0. The van der Waals surface area contributed by atoms with E-state index >= 15 is 0 Å². The van der Waals surface area contributed by atoms with E-state index in [4.69, 9.17) is 9.15 Å². The highest BCUT2D eigenvalue weighted by Gasteiger charge is 2.34. The van der Waals surface area contributed by atoms with E-state index in [0.717, 1.165) is 30.5 Å². The van der Waals surface area contributed by atoms with Crippen LogP contribution in [-0.2, 0) is 26.9 Å². The summed E-state index contributed by atoms with van der Waals surface area (Å²) in [6.45, 7) is 1.20. The van der Waals surface area contributed by atoms with Crippen molar-refractivity contribution in [1.82, 2.24) is 4.98 Å². The molecule has 33 heavy (non-hydrogen) atoms. The van der Waals surface area contributed by atoms with Crippen molar-refractivity contribution in [3.05, 3.63) is 71.8 Å². The highest BCUT2D eigenvalue weighted by Crippen LogP contribution is 2.34. The third kappa shape index (κ3) is 5.93. The number of nitrogens with zero attached hydrogens (tertiary/aromatic N) is 1. The van der Waals surface area contributed by atoms with Crippen molar-refractivity contribution in [2.24, 2.45) is 0 Å². The van der Waals surface area contributed by atoms with Crippen LogP contribution in [0, 0.1) is 11.6 Å². The molecule has 174 valence electrons. The van der Waals surface area contributed by atoms with Crippen molar-refractivity contribution in [3.8, 4) is 11.3 Å². The van der Waals surface area contributed by atoms with E-state index in [1.54, 1.807) is 0 Å². The fraction of sp³-hybridized carbons (Fsp3) is 0.227. The topological polar surface area (TPSA) is 81.4 Å². The summed E-state index contributed by atoms with van der Waals surface area (Å²) in [5.74, 6) is -3.65. The van der Waals surface area contributed by atoms with Crippen LogP contribution in [0.3, 0.4) is 0 Å². The molecule has 0 saturated carbocycles. The summed E-state index contributed by atoms with van der Waals surface area (Å²) >= 11 is 0. The van der Waals surface area contributed by atoms with Gasteiger partial charge in [-0.15, -0.1) is 0 Å². The zero-order chi connectivity index (χ0) is 24.2. The van der Waals surface area contributed by atoms with Crippen LogP contribution in [0.25, 0.3) is 11.3 Å². The number of amides is 1. The van der Waals surface area contributed by atoms with E-state index in [1.807, 2.05) is 0 Å².